The lowest BCUT2D eigenvalue weighted by Gasteiger charge is -2.14. The molecule has 7 nitrogen and oxygen atoms in total. The summed E-state index contributed by atoms with van der Waals surface area (Å²) < 4.78 is 21.7. The molecule has 134 valence electrons. The molecule has 0 atom stereocenters. The summed E-state index contributed by atoms with van der Waals surface area (Å²) in [5, 5.41) is 6.51. The average molecular weight is 337 g/mol. The van der Waals surface area contributed by atoms with E-state index in [4.69, 9.17) is 18.9 Å². The van der Waals surface area contributed by atoms with Gasteiger partial charge < -0.3 is 29.6 Å². The number of hydrogen-bond donors (Lipinski definition) is 2. The maximum atomic E-state index is 5.70. The van der Waals surface area contributed by atoms with Crippen molar-refractivity contribution >= 4 is 11.6 Å². The van der Waals surface area contributed by atoms with E-state index in [1.54, 1.807) is 14.2 Å². The Morgan fingerprint density at radius 2 is 2.00 bits per heavy atom. The summed E-state index contributed by atoms with van der Waals surface area (Å²) in [6.07, 6.45) is 1.79. The Bertz CT molecular complexity index is 523. The maximum absolute atomic E-state index is 5.70. The summed E-state index contributed by atoms with van der Waals surface area (Å²) in [5.74, 6) is 2.26. The molecule has 0 unspecified atom stereocenters. The molecule has 1 aliphatic rings. The molecule has 0 bridgehead atoms. The Labute approximate surface area is 143 Å². The van der Waals surface area contributed by atoms with Gasteiger partial charge in [-0.1, -0.05) is 0 Å². The number of guanidine groups is 1. The van der Waals surface area contributed by atoms with Crippen molar-refractivity contribution in [3.05, 3.63) is 18.2 Å². The van der Waals surface area contributed by atoms with Gasteiger partial charge in [-0.3, -0.25) is 4.99 Å². The second kappa shape index (κ2) is 10.7. The van der Waals surface area contributed by atoms with Crippen molar-refractivity contribution < 1.29 is 18.9 Å². The zero-order chi connectivity index (χ0) is 17.0. The minimum absolute atomic E-state index is 0.626. The number of hydrogen-bond acceptors (Lipinski definition) is 5. The van der Waals surface area contributed by atoms with E-state index in [0.717, 1.165) is 36.6 Å². The molecule has 0 amide bonds. The van der Waals surface area contributed by atoms with Crippen LogP contribution in [0.4, 0.5) is 5.69 Å². The molecule has 1 aromatic carbocycles. The number of anilines is 1. The summed E-state index contributed by atoms with van der Waals surface area (Å²) in [7, 11) is 3.41. The summed E-state index contributed by atoms with van der Waals surface area (Å²) >= 11 is 0. The van der Waals surface area contributed by atoms with Gasteiger partial charge in [-0.15, -0.1) is 0 Å². The lowest BCUT2D eigenvalue weighted by atomic mass is 10.3. The minimum atomic E-state index is 0.626. The van der Waals surface area contributed by atoms with Gasteiger partial charge in [0.2, 0.25) is 0 Å². The van der Waals surface area contributed by atoms with Crippen LogP contribution in [-0.2, 0) is 9.47 Å². The standard InChI is InChI=1S/C17H27N3O4/c1-18-17(19-7-3-8-22-12-11-21-2)20-14-5-6-15-16(13-14)24-10-4-9-23-15/h5-6,13H,3-4,7-12H2,1-2H3,(H2,18,19,20). The Morgan fingerprint density at radius 1 is 1.17 bits per heavy atom. The van der Waals surface area contributed by atoms with E-state index in [0.29, 0.717) is 39.0 Å². The molecule has 1 aliphatic heterocycles. The van der Waals surface area contributed by atoms with E-state index in [-0.39, 0.29) is 0 Å². The topological polar surface area (TPSA) is 73.3 Å². The van der Waals surface area contributed by atoms with Crippen LogP contribution in [0.3, 0.4) is 0 Å². The molecule has 0 spiro atoms. The van der Waals surface area contributed by atoms with Crippen LogP contribution in [0.15, 0.2) is 23.2 Å². The normalized spacial score (nSPS) is 14.2. The van der Waals surface area contributed by atoms with Crippen molar-refractivity contribution in [3.63, 3.8) is 0 Å². The Balaban J connectivity index is 1.75. The van der Waals surface area contributed by atoms with Crippen LogP contribution in [0.25, 0.3) is 0 Å². The molecule has 7 heteroatoms. The number of aliphatic imine (C=N–C) groups is 1. The fourth-order valence-corrected chi connectivity index (χ4v) is 2.18. The molecule has 2 rings (SSSR count). The van der Waals surface area contributed by atoms with Crippen LogP contribution in [-0.4, -0.2) is 59.7 Å². The second-order valence-electron chi connectivity index (χ2n) is 5.29. The third-order valence-electron chi connectivity index (χ3n) is 3.42. The quantitative estimate of drug-likeness (QED) is 0.429. The maximum Gasteiger partial charge on any atom is 0.195 e. The average Bonchev–Trinajstić information content (AvgIpc) is 2.84. The number of nitrogens with zero attached hydrogens (tertiary/aromatic N) is 1. The van der Waals surface area contributed by atoms with Crippen LogP contribution in [0, 0.1) is 0 Å². The monoisotopic (exact) mass is 337 g/mol. The number of nitrogens with one attached hydrogen (secondary N) is 2. The third kappa shape index (κ3) is 6.25. The fourth-order valence-electron chi connectivity index (χ4n) is 2.18. The first-order valence-electron chi connectivity index (χ1n) is 8.27. The molecule has 1 aromatic rings. The molecule has 2 N–H and O–H groups in total. The van der Waals surface area contributed by atoms with Crippen LogP contribution in [0.5, 0.6) is 11.5 Å². The zero-order valence-electron chi connectivity index (χ0n) is 14.5. The van der Waals surface area contributed by atoms with Gasteiger partial charge in [-0.05, 0) is 18.6 Å². The van der Waals surface area contributed by atoms with Crippen molar-refractivity contribution in [3.8, 4) is 11.5 Å². The van der Waals surface area contributed by atoms with Crippen LogP contribution >= 0.6 is 0 Å². The Morgan fingerprint density at radius 3 is 2.79 bits per heavy atom. The predicted molar refractivity (Wildman–Crippen MR) is 94.3 cm³/mol. The smallest absolute Gasteiger partial charge is 0.195 e. The molecular weight excluding hydrogens is 310 g/mol. The SMILES string of the molecule is CN=C(NCCCOCCOC)Nc1ccc2c(c1)OCCCO2. The predicted octanol–water partition coefficient (Wildman–Crippen LogP) is 1.89. The molecule has 0 saturated carbocycles. The summed E-state index contributed by atoms with van der Waals surface area (Å²) in [4.78, 5) is 4.22. The number of benzene rings is 1. The van der Waals surface area contributed by atoms with Gasteiger partial charge in [0.25, 0.3) is 0 Å². The fraction of sp³-hybridized carbons (Fsp3) is 0.588. The van der Waals surface area contributed by atoms with Gasteiger partial charge in [0.05, 0.1) is 26.4 Å². The summed E-state index contributed by atoms with van der Waals surface area (Å²) in [6, 6.07) is 5.80. The van der Waals surface area contributed by atoms with Gasteiger partial charge in [0, 0.05) is 45.5 Å². The molecule has 0 radical (unpaired) electrons. The van der Waals surface area contributed by atoms with Gasteiger partial charge in [0.15, 0.2) is 17.5 Å². The molecule has 0 saturated heterocycles. The van der Waals surface area contributed by atoms with Gasteiger partial charge in [0.1, 0.15) is 0 Å². The number of fused-ring (bicyclic) bond motifs is 1. The summed E-state index contributed by atoms with van der Waals surface area (Å²) in [6.45, 7) is 4.08. The zero-order valence-corrected chi connectivity index (χ0v) is 14.5. The largest absolute Gasteiger partial charge is 0.490 e. The highest BCUT2D eigenvalue weighted by Gasteiger charge is 2.11. The number of methoxy groups -OCH3 is 1. The molecule has 0 aromatic heterocycles. The van der Waals surface area contributed by atoms with Crippen molar-refractivity contribution in [2.75, 3.05) is 59.1 Å². The van der Waals surface area contributed by atoms with Gasteiger partial charge >= 0.3 is 0 Å². The van der Waals surface area contributed by atoms with Crippen molar-refractivity contribution in [1.82, 2.24) is 5.32 Å². The minimum Gasteiger partial charge on any atom is -0.490 e. The van der Waals surface area contributed by atoms with E-state index < -0.39 is 0 Å². The number of ether oxygens (including phenoxy) is 4. The highest BCUT2D eigenvalue weighted by molar-refractivity contribution is 5.93. The van der Waals surface area contributed by atoms with Crippen molar-refractivity contribution in [2.45, 2.75) is 12.8 Å². The van der Waals surface area contributed by atoms with E-state index in [1.165, 1.54) is 0 Å². The molecule has 1 heterocycles. The molecule has 0 fully saturated rings. The van der Waals surface area contributed by atoms with Crippen molar-refractivity contribution in [2.24, 2.45) is 4.99 Å². The highest BCUT2D eigenvalue weighted by Crippen LogP contribution is 2.32. The third-order valence-corrected chi connectivity index (χ3v) is 3.42. The Hall–Kier alpha value is -1.99. The van der Waals surface area contributed by atoms with E-state index in [9.17, 15) is 0 Å². The number of rotatable bonds is 8. The molecular formula is C17H27N3O4. The van der Waals surface area contributed by atoms with Crippen LogP contribution in [0.2, 0.25) is 0 Å². The van der Waals surface area contributed by atoms with E-state index in [2.05, 4.69) is 15.6 Å². The molecule has 24 heavy (non-hydrogen) atoms. The first-order chi connectivity index (χ1) is 11.8. The van der Waals surface area contributed by atoms with Gasteiger partial charge in [-0.25, -0.2) is 0 Å². The Kier molecular flexibility index (Phi) is 8.20. The lowest BCUT2D eigenvalue weighted by molar-refractivity contribution is 0.0699. The van der Waals surface area contributed by atoms with Crippen molar-refractivity contribution in [1.29, 1.82) is 0 Å². The molecule has 0 aliphatic carbocycles. The van der Waals surface area contributed by atoms with E-state index >= 15 is 0 Å². The summed E-state index contributed by atoms with van der Waals surface area (Å²) in [5.41, 5.74) is 0.906. The first-order valence-corrected chi connectivity index (χ1v) is 8.27. The van der Waals surface area contributed by atoms with Gasteiger partial charge in [-0.2, -0.15) is 0 Å². The van der Waals surface area contributed by atoms with E-state index in [1.807, 2.05) is 18.2 Å². The lowest BCUT2D eigenvalue weighted by Crippen LogP contribution is -2.32. The van der Waals surface area contributed by atoms with Crippen LogP contribution in [0.1, 0.15) is 12.8 Å². The van der Waals surface area contributed by atoms with Crippen LogP contribution < -0.4 is 20.1 Å². The second-order valence-corrected chi connectivity index (χ2v) is 5.29. The first kappa shape index (κ1) is 18.4. The highest BCUT2D eigenvalue weighted by atomic mass is 16.5.